The number of nitrogens with zero attached hydrogens (tertiary/aromatic N) is 1. The van der Waals surface area contributed by atoms with Gasteiger partial charge in [-0.3, -0.25) is 0 Å². The predicted octanol–water partition coefficient (Wildman–Crippen LogP) is 3.51. The highest BCUT2D eigenvalue weighted by Crippen LogP contribution is 2.24. The van der Waals surface area contributed by atoms with Crippen LogP contribution in [0.3, 0.4) is 0 Å². The summed E-state index contributed by atoms with van der Waals surface area (Å²) in [4.78, 5) is 4.36. The summed E-state index contributed by atoms with van der Waals surface area (Å²) >= 11 is 1.39. The Morgan fingerprint density at radius 3 is 2.80 bits per heavy atom. The molecule has 1 aromatic heterocycles. The molecule has 3 nitrogen and oxygen atoms in total. The van der Waals surface area contributed by atoms with E-state index in [4.69, 9.17) is 5.73 Å². The molecule has 0 amide bonds. The standard InChI is InChI=1S/C13H13F3N2OS/c14-13(15,16)8-19-5-4-12-18-11(7-20-12)9-2-1-3-10(17)6-9/h1-3,6-7H,4-5,8,17H2. The van der Waals surface area contributed by atoms with Crippen molar-refractivity contribution in [3.8, 4) is 11.3 Å². The third-order valence-corrected chi connectivity index (χ3v) is 3.37. The average molecular weight is 302 g/mol. The second kappa shape index (κ2) is 6.23. The number of nitrogens with two attached hydrogens (primary N) is 1. The van der Waals surface area contributed by atoms with Crippen LogP contribution in [-0.4, -0.2) is 24.4 Å². The van der Waals surface area contributed by atoms with Crippen LogP contribution in [0.25, 0.3) is 11.3 Å². The van der Waals surface area contributed by atoms with Crippen molar-refractivity contribution in [2.24, 2.45) is 0 Å². The SMILES string of the molecule is Nc1cccc(-c2csc(CCOCC(F)(F)F)n2)c1. The fourth-order valence-electron chi connectivity index (χ4n) is 1.60. The van der Waals surface area contributed by atoms with Crippen LogP contribution in [0.1, 0.15) is 5.01 Å². The van der Waals surface area contributed by atoms with Gasteiger partial charge >= 0.3 is 6.18 Å². The van der Waals surface area contributed by atoms with Crippen LogP contribution in [0.2, 0.25) is 0 Å². The number of hydrogen-bond acceptors (Lipinski definition) is 4. The van der Waals surface area contributed by atoms with E-state index in [-0.39, 0.29) is 6.61 Å². The number of anilines is 1. The Kier molecular flexibility index (Phi) is 4.61. The molecule has 0 fully saturated rings. The van der Waals surface area contributed by atoms with E-state index in [1.165, 1.54) is 11.3 Å². The molecule has 0 aliphatic carbocycles. The molecule has 0 spiro atoms. The highest BCUT2D eigenvalue weighted by atomic mass is 32.1. The highest BCUT2D eigenvalue weighted by Gasteiger charge is 2.27. The average Bonchev–Trinajstić information content (AvgIpc) is 2.82. The van der Waals surface area contributed by atoms with Crippen molar-refractivity contribution in [1.82, 2.24) is 4.98 Å². The Hall–Kier alpha value is -1.60. The lowest BCUT2D eigenvalue weighted by atomic mass is 10.1. The van der Waals surface area contributed by atoms with E-state index >= 15 is 0 Å². The molecule has 20 heavy (non-hydrogen) atoms. The van der Waals surface area contributed by atoms with Gasteiger partial charge in [-0.15, -0.1) is 11.3 Å². The maximum Gasteiger partial charge on any atom is 0.411 e. The van der Waals surface area contributed by atoms with Crippen LogP contribution in [0, 0.1) is 0 Å². The summed E-state index contributed by atoms with van der Waals surface area (Å²) in [5.41, 5.74) is 8.00. The summed E-state index contributed by atoms with van der Waals surface area (Å²) in [6.45, 7) is -1.22. The topological polar surface area (TPSA) is 48.1 Å². The molecule has 0 atom stereocenters. The van der Waals surface area contributed by atoms with Gasteiger partial charge in [0.05, 0.1) is 17.3 Å². The Morgan fingerprint density at radius 1 is 1.30 bits per heavy atom. The second-order valence-electron chi connectivity index (χ2n) is 4.17. The molecule has 0 unspecified atom stereocenters. The van der Waals surface area contributed by atoms with Crippen LogP contribution < -0.4 is 5.73 Å². The molecule has 2 rings (SSSR count). The zero-order chi connectivity index (χ0) is 14.6. The number of benzene rings is 1. The number of ether oxygens (including phenoxy) is 1. The van der Waals surface area contributed by atoms with Crippen LogP contribution >= 0.6 is 11.3 Å². The minimum absolute atomic E-state index is 0.00336. The van der Waals surface area contributed by atoms with E-state index in [1.54, 1.807) is 12.1 Å². The number of thiazole rings is 1. The van der Waals surface area contributed by atoms with Crippen molar-refractivity contribution in [2.75, 3.05) is 18.9 Å². The third-order valence-electron chi connectivity index (χ3n) is 2.46. The quantitative estimate of drug-likeness (QED) is 0.679. The normalized spacial score (nSPS) is 11.8. The number of halogens is 3. The molecule has 0 saturated carbocycles. The molecule has 0 saturated heterocycles. The summed E-state index contributed by atoms with van der Waals surface area (Å²) in [5, 5.41) is 2.60. The summed E-state index contributed by atoms with van der Waals surface area (Å²) in [7, 11) is 0. The lowest BCUT2D eigenvalue weighted by Gasteiger charge is -2.06. The first-order valence-electron chi connectivity index (χ1n) is 5.89. The fourth-order valence-corrected chi connectivity index (χ4v) is 2.39. The number of hydrogen-bond donors (Lipinski definition) is 1. The number of nitrogen functional groups attached to an aromatic ring is 1. The van der Waals surface area contributed by atoms with Gasteiger partial charge in [0, 0.05) is 23.1 Å². The fraction of sp³-hybridized carbons (Fsp3) is 0.308. The van der Waals surface area contributed by atoms with E-state index in [1.807, 2.05) is 17.5 Å². The smallest absolute Gasteiger partial charge is 0.399 e. The first-order chi connectivity index (χ1) is 9.44. The molecule has 1 heterocycles. The van der Waals surface area contributed by atoms with E-state index in [0.29, 0.717) is 12.1 Å². The number of alkyl halides is 3. The van der Waals surface area contributed by atoms with Gasteiger partial charge in [-0.05, 0) is 12.1 Å². The van der Waals surface area contributed by atoms with E-state index in [9.17, 15) is 13.2 Å². The molecule has 2 aromatic rings. The first-order valence-corrected chi connectivity index (χ1v) is 6.77. The molecule has 108 valence electrons. The Balaban J connectivity index is 1.90. The molecule has 1 aromatic carbocycles. The largest absolute Gasteiger partial charge is 0.411 e. The molecule has 0 radical (unpaired) electrons. The molecule has 0 bridgehead atoms. The van der Waals surface area contributed by atoms with Crippen molar-refractivity contribution in [3.05, 3.63) is 34.7 Å². The highest BCUT2D eigenvalue weighted by molar-refractivity contribution is 7.09. The van der Waals surface area contributed by atoms with Crippen LogP contribution in [0.5, 0.6) is 0 Å². The number of rotatable bonds is 5. The number of aromatic nitrogens is 1. The summed E-state index contributed by atoms with van der Waals surface area (Å²) in [5.74, 6) is 0. The van der Waals surface area contributed by atoms with Crippen LogP contribution in [0.4, 0.5) is 18.9 Å². The molecule has 0 aliphatic rings. The lowest BCUT2D eigenvalue weighted by Crippen LogP contribution is -2.17. The van der Waals surface area contributed by atoms with E-state index < -0.39 is 12.8 Å². The van der Waals surface area contributed by atoms with Crippen molar-refractivity contribution in [1.29, 1.82) is 0 Å². The van der Waals surface area contributed by atoms with Gasteiger partial charge < -0.3 is 10.5 Å². The predicted molar refractivity (Wildman–Crippen MR) is 72.5 cm³/mol. The second-order valence-corrected chi connectivity index (χ2v) is 5.11. The summed E-state index contributed by atoms with van der Waals surface area (Å²) < 4.78 is 40.2. The van der Waals surface area contributed by atoms with Crippen molar-refractivity contribution in [2.45, 2.75) is 12.6 Å². The van der Waals surface area contributed by atoms with Crippen LogP contribution in [0.15, 0.2) is 29.6 Å². The minimum atomic E-state index is -4.28. The van der Waals surface area contributed by atoms with Gasteiger partial charge in [0.25, 0.3) is 0 Å². The van der Waals surface area contributed by atoms with E-state index in [2.05, 4.69) is 9.72 Å². The van der Waals surface area contributed by atoms with Gasteiger partial charge in [0.15, 0.2) is 0 Å². The molecular formula is C13H13F3N2OS. The van der Waals surface area contributed by atoms with Crippen molar-refractivity contribution < 1.29 is 17.9 Å². The Labute approximate surface area is 118 Å². The molecular weight excluding hydrogens is 289 g/mol. The molecule has 0 aliphatic heterocycles. The van der Waals surface area contributed by atoms with Gasteiger partial charge in [-0.1, -0.05) is 12.1 Å². The third kappa shape index (κ3) is 4.50. The van der Waals surface area contributed by atoms with Crippen molar-refractivity contribution in [3.63, 3.8) is 0 Å². The molecule has 7 heteroatoms. The Bertz CT molecular complexity index is 569. The zero-order valence-electron chi connectivity index (χ0n) is 10.5. The van der Waals surface area contributed by atoms with Gasteiger partial charge in [0.1, 0.15) is 6.61 Å². The summed E-state index contributed by atoms with van der Waals surface area (Å²) in [6, 6.07) is 7.30. The maximum atomic E-state index is 11.9. The van der Waals surface area contributed by atoms with Crippen molar-refractivity contribution >= 4 is 17.0 Å². The Morgan fingerprint density at radius 2 is 2.10 bits per heavy atom. The maximum absolute atomic E-state index is 11.9. The van der Waals surface area contributed by atoms with Gasteiger partial charge in [0.2, 0.25) is 0 Å². The first kappa shape index (κ1) is 14.8. The van der Waals surface area contributed by atoms with Gasteiger partial charge in [-0.25, -0.2) is 4.98 Å². The van der Waals surface area contributed by atoms with Gasteiger partial charge in [-0.2, -0.15) is 13.2 Å². The summed E-state index contributed by atoms with van der Waals surface area (Å²) in [6.07, 6.45) is -3.92. The van der Waals surface area contributed by atoms with Crippen LogP contribution in [-0.2, 0) is 11.2 Å². The minimum Gasteiger partial charge on any atom is -0.399 e. The monoisotopic (exact) mass is 302 g/mol. The van der Waals surface area contributed by atoms with E-state index in [0.717, 1.165) is 16.3 Å². The molecule has 2 N–H and O–H groups in total. The zero-order valence-corrected chi connectivity index (χ0v) is 11.3. The lowest BCUT2D eigenvalue weighted by molar-refractivity contribution is -0.173.